The van der Waals surface area contributed by atoms with Crippen molar-refractivity contribution in [2.45, 2.75) is 31.2 Å². The lowest BCUT2D eigenvalue weighted by Crippen LogP contribution is -2.47. The van der Waals surface area contributed by atoms with Crippen LogP contribution >= 0.6 is 0 Å². The number of alkyl halides is 3. The molecule has 2 aromatic rings. The fourth-order valence-electron chi connectivity index (χ4n) is 3.06. The van der Waals surface area contributed by atoms with E-state index in [1.807, 2.05) is 7.05 Å². The normalized spacial score (nSPS) is 18.9. The Morgan fingerprint density at radius 3 is 2.58 bits per heavy atom. The van der Waals surface area contributed by atoms with E-state index >= 15 is 0 Å². The Hall–Kier alpha value is -1.93. The van der Waals surface area contributed by atoms with Crippen molar-refractivity contribution >= 4 is 10.9 Å². The predicted molar refractivity (Wildman–Crippen MR) is 82.7 cm³/mol. The van der Waals surface area contributed by atoms with Gasteiger partial charge in [0.1, 0.15) is 0 Å². The van der Waals surface area contributed by atoms with Gasteiger partial charge in [-0.1, -0.05) is 6.07 Å². The Kier molecular flexibility index (Phi) is 4.13. The first kappa shape index (κ1) is 16.9. The number of hydrogen-bond donors (Lipinski definition) is 1. The van der Waals surface area contributed by atoms with E-state index in [2.05, 4.69) is 9.88 Å². The number of aromatic nitrogens is 2. The molecule has 0 unspecified atom stereocenters. The summed E-state index contributed by atoms with van der Waals surface area (Å²) < 4.78 is 40.6. The van der Waals surface area contributed by atoms with Crippen molar-refractivity contribution < 1.29 is 18.3 Å². The van der Waals surface area contributed by atoms with Gasteiger partial charge >= 0.3 is 6.18 Å². The zero-order chi connectivity index (χ0) is 17.5. The van der Waals surface area contributed by atoms with Gasteiger partial charge in [0.15, 0.2) is 0 Å². The first-order valence-corrected chi connectivity index (χ1v) is 7.66. The summed E-state index contributed by atoms with van der Waals surface area (Å²) >= 11 is 0. The monoisotopic (exact) mass is 341 g/mol. The maximum absolute atomic E-state index is 13.2. The molecule has 0 atom stereocenters. The van der Waals surface area contributed by atoms with Crippen LogP contribution in [-0.2, 0) is 12.7 Å². The van der Waals surface area contributed by atoms with Gasteiger partial charge in [-0.3, -0.25) is 9.36 Å². The summed E-state index contributed by atoms with van der Waals surface area (Å²) in [6, 6.07) is 3.48. The predicted octanol–water partition coefficient (Wildman–Crippen LogP) is 1.87. The molecular formula is C16H18F3N3O2. The molecule has 1 aromatic carbocycles. The molecule has 0 bridgehead atoms. The zero-order valence-electron chi connectivity index (χ0n) is 13.2. The second-order valence-corrected chi connectivity index (χ2v) is 6.40. The quantitative estimate of drug-likeness (QED) is 0.906. The summed E-state index contributed by atoms with van der Waals surface area (Å²) in [5, 5.41) is 10.2. The Morgan fingerprint density at radius 1 is 1.29 bits per heavy atom. The topological polar surface area (TPSA) is 58.4 Å². The summed E-state index contributed by atoms with van der Waals surface area (Å²) in [6.07, 6.45) is -2.52. The van der Waals surface area contributed by atoms with E-state index in [0.717, 1.165) is 10.6 Å². The third kappa shape index (κ3) is 3.16. The van der Waals surface area contributed by atoms with Gasteiger partial charge in [0, 0.05) is 13.1 Å². The Morgan fingerprint density at radius 2 is 1.96 bits per heavy atom. The molecule has 0 spiro atoms. The number of aliphatic hydroxyl groups is 1. The molecule has 1 aromatic heterocycles. The van der Waals surface area contributed by atoms with Gasteiger partial charge in [0.2, 0.25) is 0 Å². The smallest absolute Gasteiger partial charge is 0.388 e. The summed E-state index contributed by atoms with van der Waals surface area (Å²) in [4.78, 5) is 18.6. The minimum Gasteiger partial charge on any atom is -0.388 e. The van der Waals surface area contributed by atoms with E-state index in [9.17, 15) is 23.1 Å². The molecule has 0 radical (unpaired) electrons. The van der Waals surface area contributed by atoms with E-state index in [1.165, 1.54) is 18.5 Å². The van der Waals surface area contributed by atoms with Crippen molar-refractivity contribution in [2.75, 3.05) is 20.1 Å². The molecule has 24 heavy (non-hydrogen) atoms. The Balaban J connectivity index is 2.04. The van der Waals surface area contributed by atoms with Crippen LogP contribution in [0, 0.1) is 0 Å². The van der Waals surface area contributed by atoms with Gasteiger partial charge in [0.05, 0.1) is 34.9 Å². The molecule has 0 aliphatic carbocycles. The number of benzene rings is 1. The largest absolute Gasteiger partial charge is 0.417 e. The highest BCUT2D eigenvalue weighted by Gasteiger charge is 2.35. The number of likely N-dealkylation sites (tertiary alicyclic amines) is 1. The minimum atomic E-state index is -4.63. The fraction of sp³-hybridized carbons (Fsp3) is 0.500. The van der Waals surface area contributed by atoms with E-state index in [-0.39, 0.29) is 12.1 Å². The molecule has 1 aliphatic heterocycles. The molecule has 0 saturated carbocycles. The highest BCUT2D eigenvalue weighted by Crippen LogP contribution is 2.32. The van der Waals surface area contributed by atoms with Gasteiger partial charge in [-0.2, -0.15) is 13.2 Å². The lowest BCUT2D eigenvalue weighted by molar-refractivity contribution is -0.136. The van der Waals surface area contributed by atoms with Crippen molar-refractivity contribution in [3.63, 3.8) is 0 Å². The van der Waals surface area contributed by atoms with Crippen LogP contribution in [0.5, 0.6) is 0 Å². The Labute approximate surface area is 136 Å². The molecule has 1 aliphatic rings. The number of nitrogens with zero attached hydrogens (tertiary/aromatic N) is 3. The third-order valence-electron chi connectivity index (χ3n) is 4.54. The molecule has 5 nitrogen and oxygen atoms in total. The molecular weight excluding hydrogens is 323 g/mol. The first-order valence-electron chi connectivity index (χ1n) is 7.66. The van der Waals surface area contributed by atoms with E-state index < -0.39 is 28.3 Å². The van der Waals surface area contributed by atoms with Crippen molar-refractivity contribution in [3.05, 3.63) is 40.4 Å². The molecule has 1 saturated heterocycles. The minimum absolute atomic E-state index is 0.00134. The zero-order valence-corrected chi connectivity index (χ0v) is 13.2. The van der Waals surface area contributed by atoms with E-state index in [1.54, 1.807) is 0 Å². The van der Waals surface area contributed by atoms with Gasteiger partial charge in [0.25, 0.3) is 5.56 Å². The standard InChI is InChI=1S/C16H18F3N3O2/c1-21-7-5-15(24,6-8-21)9-22-10-20-12-4-2-3-11(16(17,18)19)13(12)14(22)23/h2-4,10,24H,5-9H2,1H3. The maximum Gasteiger partial charge on any atom is 0.417 e. The van der Waals surface area contributed by atoms with Gasteiger partial charge < -0.3 is 10.0 Å². The number of hydrogen-bond acceptors (Lipinski definition) is 4. The molecule has 1 fully saturated rings. The van der Waals surface area contributed by atoms with E-state index in [0.29, 0.717) is 25.9 Å². The Bertz CT molecular complexity index is 808. The van der Waals surface area contributed by atoms with Crippen LogP contribution in [0.4, 0.5) is 13.2 Å². The first-order chi connectivity index (χ1) is 11.2. The van der Waals surface area contributed by atoms with Crippen molar-refractivity contribution in [3.8, 4) is 0 Å². The highest BCUT2D eigenvalue weighted by atomic mass is 19.4. The average molecular weight is 341 g/mol. The fourth-order valence-corrected chi connectivity index (χ4v) is 3.06. The van der Waals surface area contributed by atoms with Crippen LogP contribution in [0.1, 0.15) is 18.4 Å². The second-order valence-electron chi connectivity index (χ2n) is 6.40. The van der Waals surface area contributed by atoms with Crippen LogP contribution in [-0.4, -0.2) is 45.3 Å². The number of halogens is 3. The van der Waals surface area contributed by atoms with Crippen LogP contribution in [0.15, 0.2) is 29.3 Å². The lowest BCUT2D eigenvalue weighted by atomic mass is 9.91. The number of fused-ring (bicyclic) bond motifs is 1. The average Bonchev–Trinajstić information content (AvgIpc) is 2.52. The van der Waals surface area contributed by atoms with Crippen LogP contribution < -0.4 is 5.56 Å². The van der Waals surface area contributed by atoms with Crippen molar-refractivity contribution in [1.29, 1.82) is 0 Å². The molecule has 0 amide bonds. The maximum atomic E-state index is 13.2. The van der Waals surface area contributed by atoms with E-state index in [4.69, 9.17) is 0 Å². The van der Waals surface area contributed by atoms with Gasteiger partial charge in [-0.25, -0.2) is 4.98 Å². The SMILES string of the molecule is CN1CCC(O)(Cn2cnc3cccc(C(F)(F)F)c3c2=O)CC1. The van der Waals surface area contributed by atoms with Crippen LogP contribution in [0.3, 0.4) is 0 Å². The molecule has 130 valence electrons. The van der Waals surface area contributed by atoms with Gasteiger partial charge in [-0.15, -0.1) is 0 Å². The van der Waals surface area contributed by atoms with Crippen LogP contribution in [0.2, 0.25) is 0 Å². The van der Waals surface area contributed by atoms with Crippen LogP contribution in [0.25, 0.3) is 10.9 Å². The second kappa shape index (κ2) is 5.86. The van der Waals surface area contributed by atoms with Crippen molar-refractivity contribution in [1.82, 2.24) is 14.5 Å². The molecule has 1 N–H and O–H groups in total. The summed E-state index contributed by atoms with van der Waals surface area (Å²) in [6.45, 7) is 1.27. The third-order valence-corrected chi connectivity index (χ3v) is 4.54. The summed E-state index contributed by atoms with van der Waals surface area (Å²) in [5.41, 5.74) is -2.89. The molecule has 3 rings (SSSR count). The summed E-state index contributed by atoms with van der Waals surface area (Å²) in [7, 11) is 1.93. The number of rotatable bonds is 2. The highest BCUT2D eigenvalue weighted by molar-refractivity contribution is 5.81. The van der Waals surface area contributed by atoms with Gasteiger partial charge in [-0.05, 0) is 32.0 Å². The van der Waals surface area contributed by atoms with Crippen molar-refractivity contribution in [2.24, 2.45) is 0 Å². The summed E-state index contributed by atoms with van der Waals surface area (Å²) in [5.74, 6) is 0. The number of piperidine rings is 1. The molecule has 8 heteroatoms. The molecule has 2 heterocycles. The lowest BCUT2D eigenvalue weighted by Gasteiger charge is -2.36.